The van der Waals surface area contributed by atoms with Gasteiger partial charge in [0.05, 0.1) is 6.10 Å². The van der Waals surface area contributed by atoms with Gasteiger partial charge in [0, 0.05) is 13.5 Å². The highest BCUT2D eigenvalue weighted by molar-refractivity contribution is 5.35. The fraction of sp³-hybridized carbons (Fsp3) is 0.455. The van der Waals surface area contributed by atoms with Crippen LogP contribution >= 0.6 is 0 Å². The number of hydrogen-bond donors (Lipinski definition) is 0. The van der Waals surface area contributed by atoms with Crippen molar-refractivity contribution in [3.8, 4) is 11.5 Å². The topological polar surface area (TPSA) is 30.9 Å². The Hall–Kier alpha value is -2.11. The first kappa shape index (κ1) is 21.2. The number of hydrogen-bond acceptors (Lipinski definition) is 4. The van der Waals surface area contributed by atoms with Crippen molar-refractivity contribution in [3.63, 3.8) is 0 Å². The standard InChI is InChI=1S/C22H30FNO3/c1-17(25-4)14-22(24(2)3)27-21-11-6-5-9-19(21)13-12-18-8-7-10-20(15-18)26-16-23/h5-11,15,17,22H,12-14,16H2,1-4H3. The average molecular weight is 375 g/mol. The number of alkyl halides is 1. The molecule has 0 aliphatic rings. The highest BCUT2D eigenvalue weighted by Gasteiger charge is 2.18. The van der Waals surface area contributed by atoms with Gasteiger partial charge < -0.3 is 14.2 Å². The molecule has 2 aromatic rings. The Morgan fingerprint density at radius 1 is 1.04 bits per heavy atom. The summed E-state index contributed by atoms with van der Waals surface area (Å²) in [6.45, 7) is 1.23. The van der Waals surface area contributed by atoms with Crippen LogP contribution in [0.25, 0.3) is 0 Å². The van der Waals surface area contributed by atoms with Crippen LogP contribution in [0.15, 0.2) is 48.5 Å². The van der Waals surface area contributed by atoms with Gasteiger partial charge in [-0.1, -0.05) is 30.3 Å². The molecule has 0 aliphatic carbocycles. The first-order valence-corrected chi connectivity index (χ1v) is 9.25. The van der Waals surface area contributed by atoms with Crippen LogP contribution in [0.1, 0.15) is 24.5 Å². The maximum atomic E-state index is 12.4. The van der Waals surface area contributed by atoms with Gasteiger partial charge >= 0.3 is 0 Å². The van der Waals surface area contributed by atoms with Gasteiger partial charge in [0.1, 0.15) is 11.5 Å². The van der Waals surface area contributed by atoms with Crippen molar-refractivity contribution in [1.29, 1.82) is 0 Å². The first-order chi connectivity index (χ1) is 13.0. The summed E-state index contributed by atoms with van der Waals surface area (Å²) in [6.07, 6.45) is 2.48. The number of ether oxygens (including phenoxy) is 3. The number of benzene rings is 2. The lowest BCUT2D eigenvalue weighted by atomic mass is 10.0. The van der Waals surface area contributed by atoms with Crippen LogP contribution < -0.4 is 9.47 Å². The molecule has 2 aromatic carbocycles. The van der Waals surface area contributed by atoms with E-state index in [4.69, 9.17) is 14.2 Å². The van der Waals surface area contributed by atoms with E-state index in [1.165, 1.54) is 0 Å². The zero-order valence-corrected chi connectivity index (χ0v) is 16.7. The average Bonchev–Trinajstić information content (AvgIpc) is 2.67. The van der Waals surface area contributed by atoms with Crippen molar-refractivity contribution in [2.75, 3.05) is 28.1 Å². The van der Waals surface area contributed by atoms with Crippen molar-refractivity contribution in [2.45, 2.75) is 38.5 Å². The summed E-state index contributed by atoms with van der Waals surface area (Å²) < 4.78 is 29.0. The van der Waals surface area contributed by atoms with Crippen LogP contribution in [0.2, 0.25) is 0 Å². The maximum absolute atomic E-state index is 12.4. The normalized spacial score (nSPS) is 13.4. The van der Waals surface area contributed by atoms with E-state index >= 15 is 0 Å². The molecule has 27 heavy (non-hydrogen) atoms. The summed E-state index contributed by atoms with van der Waals surface area (Å²) in [5, 5.41) is 0. The van der Waals surface area contributed by atoms with E-state index in [1.807, 2.05) is 57.4 Å². The smallest absolute Gasteiger partial charge is 0.228 e. The molecule has 148 valence electrons. The van der Waals surface area contributed by atoms with Gasteiger partial charge in [-0.25, -0.2) is 4.39 Å². The van der Waals surface area contributed by atoms with E-state index in [2.05, 4.69) is 11.0 Å². The van der Waals surface area contributed by atoms with Crippen molar-refractivity contribution >= 4 is 0 Å². The number of aryl methyl sites for hydroxylation is 2. The molecule has 0 heterocycles. The van der Waals surface area contributed by atoms with E-state index < -0.39 is 6.86 Å². The molecular formula is C22H30FNO3. The number of para-hydroxylation sites is 1. The van der Waals surface area contributed by atoms with Crippen LogP contribution in [-0.2, 0) is 17.6 Å². The van der Waals surface area contributed by atoms with Gasteiger partial charge in [0.15, 0.2) is 6.23 Å². The van der Waals surface area contributed by atoms with Crippen LogP contribution in [0.5, 0.6) is 11.5 Å². The monoisotopic (exact) mass is 375 g/mol. The molecular weight excluding hydrogens is 345 g/mol. The van der Waals surface area contributed by atoms with Crippen LogP contribution in [-0.4, -0.2) is 45.3 Å². The van der Waals surface area contributed by atoms with Crippen LogP contribution in [0, 0.1) is 0 Å². The number of halogens is 1. The zero-order valence-electron chi connectivity index (χ0n) is 16.7. The molecule has 0 bridgehead atoms. The van der Waals surface area contributed by atoms with E-state index in [9.17, 15) is 4.39 Å². The molecule has 0 spiro atoms. The second-order valence-corrected chi connectivity index (χ2v) is 6.83. The summed E-state index contributed by atoms with van der Waals surface area (Å²) in [4.78, 5) is 2.06. The summed E-state index contributed by atoms with van der Waals surface area (Å²) >= 11 is 0. The molecule has 0 fully saturated rings. The lowest BCUT2D eigenvalue weighted by Gasteiger charge is -2.28. The Balaban J connectivity index is 2.07. The van der Waals surface area contributed by atoms with E-state index in [0.717, 1.165) is 36.1 Å². The third kappa shape index (κ3) is 6.85. The van der Waals surface area contributed by atoms with Crippen molar-refractivity contribution in [3.05, 3.63) is 59.7 Å². The summed E-state index contributed by atoms with van der Waals surface area (Å²) in [5.41, 5.74) is 2.25. The van der Waals surface area contributed by atoms with Crippen LogP contribution in [0.4, 0.5) is 4.39 Å². The molecule has 2 atom stereocenters. The zero-order chi connectivity index (χ0) is 19.6. The predicted molar refractivity (Wildman–Crippen MR) is 106 cm³/mol. The Labute approximate surface area is 161 Å². The van der Waals surface area contributed by atoms with E-state index in [1.54, 1.807) is 13.2 Å². The molecule has 0 saturated heterocycles. The Kier molecular flexibility index (Phi) is 8.55. The first-order valence-electron chi connectivity index (χ1n) is 9.25. The quantitative estimate of drug-likeness (QED) is 0.542. The number of rotatable bonds is 11. The highest BCUT2D eigenvalue weighted by Crippen LogP contribution is 2.24. The van der Waals surface area contributed by atoms with Crippen molar-refractivity contribution in [2.24, 2.45) is 0 Å². The van der Waals surface area contributed by atoms with E-state index in [-0.39, 0.29) is 12.3 Å². The van der Waals surface area contributed by atoms with Gasteiger partial charge in [0.2, 0.25) is 6.86 Å². The molecule has 0 radical (unpaired) electrons. The largest absolute Gasteiger partial charge is 0.475 e. The Morgan fingerprint density at radius 2 is 1.81 bits per heavy atom. The molecule has 2 rings (SSSR count). The summed E-state index contributed by atoms with van der Waals surface area (Å²) in [7, 11) is 5.73. The minimum atomic E-state index is -0.814. The molecule has 2 unspecified atom stereocenters. The Morgan fingerprint density at radius 3 is 2.52 bits per heavy atom. The SMILES string of the molecule is COC(C)CC(Oc1ccccc1CCc1cccc(OCF)c1)N(C)C. The minimum absolute atomic E-state index is 0.0672. The van der Waals surface area contributed by atoms with E-state index in [0.29, 0.717) is 5.75 Å². The fourth-order valence-corrected chi connectivity index (χ4v) is 2.85. The lowest BCUT2D eigenvalue weighted by molar-refractivity contribution is 0.00366. The molecule has 4 nitrogen and oxygen atoms in total. The van der Waals surface area contributed by atoms with Crippen molar-refractivity contribution in [1.82, 2.24) is 4.90 Å². The molecule has 0 aromatic heterocycles. The molecule has 0 N–H and O–H groups in total. The van der Waals surface area contributed by atoms with Crippen LogP contribution in [0.3, 0.4) is 0 Å². The summed E-state index contributed by atoms with van der Waals surface area (Å²) in [5.74, 6) is 1.44. The summed E-state index contributed by atoms with van der Waals surface area (Å²) in [6, 6.07) is 15.7. The predicted octanol–water partition coefficient (Wildman–Crippen LogP) is 4.47. The second kappa shape index (κ2) is 10.9. The minimum Gasteiger partial charge on any atom is -0.475 e. The second-order valence-electron chi connectivity index (χ2n) is 6.83. The Bertz CT molecular complexity index is 693. The molecule has 0 amide bonds. The molecule has 0 aliphatic heterocycles. The van der Waals surface area contributed by atoms with Gasteiger partial charge in [-0.15, -0.1) is 0 Å². The van der Waals surface area contributed by atoms with Crippen molar-refractivity contribution < 1.29 is 18.6 Å². The van der Waals surface area contributed by atoms with Gasteiger partial charge in [-0.2, -0.15) is 0 Å². The number of methoxy groups -OCH3 is 1. The maximum Gasteiger partial charge on any atom is 0.228 e. The van der Waals surface area contributed by atoms with Gasteiger partial charge in [-0.3, -0.25) is 4.90 Å². The lowest BCUT2D eigenvalue weighted by Crippen LogP contribution is -2.36. The third-order valence-corrected chi connectivity index (χ3v) is 4.55. The highest BCUT2D eigenvalue weighted by atomic mass is 19.1. The molecule has 0 saturated carbocycles. The molecule has 5 heteroatoms. The third-order valence-electron chi connectivity index (χ3n) is 4.55. The number of nitrogens with zero attached hydrogens (tertiary/aromatic N) is 1. The van der Waals surface area contributed by atoms with Gasteiger partial charge in [-0.05, 0) is 63.2 Å². The fourth-order valence-electron chi connectivity index (χ4n) is 2.85. The van der Waals surface area contributed by atoms with Gasteiger partial charge in [0.25, 0.3) is 0 Å².